The molecule has 3 aromatic rings. The van der Waals surface area contributed by atoms with Crippen LogP contribution in [0.2, 0.25) is 0 Å². The molecule has 8 heteroatoms. The number of aryl methyl sites for hydroxylation is 1. The average Bonchev–Trinajstić information content (AvgIpc) is 3.08. The topological polar surface area (TPSA) is 84.3 Å². The van der Waals surface area contributed by atoms with Crippen molar-refractivity contribution in [2.45, 2.75) is 31.7 Å². The lowest BCUT2D eigenvalue weighted by atomic mass is 10.2. The van der Waals surface area contributed by atoms with Gasteiger partial charge in [0.05, 0.1) is 16.3 Å². The van der Waals surface area contributed by atoms with E-state index in [4.69, 9.17) is 0 Å². The molecule has 0 unspecified atom stereocenters. The fraction of sp³-hybridized carbons (Fsp3) is 0.238. The summed E-state index contributed by atoms with van der Waals surface area (Å²) in [5, 5.41) is 7.21. The fourth-order valence-electron chi connectivity index (χ4n) is 2.91. The van der Waals surface area contributed by atoms with Gasteiger partial charge >= 0.3 is 0 Å². The van der Waals surface area contributed by atoms with Crippen molar-refractivity contribution in [1.29, 1.82) is 0 Å². The van der Waals surface area contributed by atoms with Crippen LogP contribution in [0, 0.1) is 6.92 Å². The average molecular weight is 413 g/mol. The number of hydrogen-bond acceptors (Lipinski definition) is 4. The Morgan fingerprint density at radius 1 is 1.07 bits per heavy atom. The van der Waals surface area contributed by atoms with Gasteiger partial charge < -0.3 is 5.32 Å². The van der Waals surface area contributed by atoms with Crippen LogP contribution in [0.4, 0.5) is 11.5 Å². The van der Waals surface area contributed by atoms with Crippen molar-refractivity contribution in [3.8, 4) is 0 Å². The van der Waals surface area contributed by atoms with Crippen LogP contribution in [0.15, 0.2) is 65.6 Å². The van der Waals surface area contributed by atoms with Gasteiger partial charge in [-0.25, -0.2) is 13.1 Å². The molecule has 0 atom stereocenters. The van der Waals surface area contributed by atoms with E-state index in [1.165, 1.54) is 35.6 Å². The van der Waals surface area contributed by atoms with Gasteiger partial charge in [0.25, 0.3) is 15.9 Å². The predicted molar refractivity (Wildman–Crippen MR) is 114 cm³/mol. The van der Waals surface area contributed by atoms with Gasteiger partial charge in [0.15, 0.2) is 0 Å². The molecule has 0 radical (unpaired) electrons. The standard InChI is InChI=1S/C21H24N4O3S/c1-15(2)25-20(14-16(3)23-25)22-21(26)17-10-12-19(13-11-17)29(27,28)24(4)18-8-6-5-7-9-18/h5-15H,1-4H3,(H,22,26). The minimum atomic E-state index is -3.72. The smallest absolute Gasteiger partial charge is 0.264 e. The maximum atomic E-state index is 12.8. The number of benzene rings is 2. The third-order valence-electron chi connectivity index (χ3n) is 4.48. The Balaban J connectivity index is 1.80. The predicted octanol–water partition coefficient (Wildman–Crippen LogP) is 3.85. The number of sulfonamides is 1. The van der Waals surface area contributed by atoms with Crippen molar-refractivity contribution in [3.63, 3.8) is 0 Å². The summed E-state index contributed by atoms with van der Waals surface area (Å²) in [6, 6.07) is 16.6. The number of carbonyl (C=O) groups is 1. The number of nitrogens with one attached hydrogen (secondary N) is 1. The van der Waals surface area contributed by atoms with E-state index in [0.717, 1.165) is 5.69 Å². The van der Waals surface area contributed by atoms with Crippen molar-refractivity contribution in [3.05, 3.63) is 71.9 Å². The first-order chi connectivity index (χ1) is 13.7. The highest BCUT2D eigenvalue weighted by atomic mass is 32.2. The highest BCUT2D eigenvalue weighted by molar-refractivity contribution is 7.92. The molecule has 0 aliphatic rings. The minimum absolute atomic E-state index is 0.0973. The number of nitrogens with zero attached hydrogens (tertiary/aromatic N) is 3. The fourth-order valence-corrected chi connectivity index (χ4v) is 4.10. The lowest BCUT2D eigenvalue weighted by molar-refractivity contribution is 0.102. The normalized spacial score (nSPS) is 11.5. The minimum Gasteiger partial charge on any atom is -0.307 e. The van der Waals surface area contributed by atoms with Gasteiger partial charge in [0, 0.05) is 24.7 Å². The first kappa shape index (κ1) is 20.6. The first-order valence-electron chi connectivity index (χ1n) is 9.21. The molecule has 0 aliphatic heterocycles. The molecule has 1 N–H and O–H groups in total. The zero-order chi connectivity index (χ0) is 21.2. The molecule has 0 saturated carbocycles. The van der Waals surface area contributed by atoms with Crippen molar-refractivity contribution < 1.29 is 13.2 Å². The van der Waals surface area contributed by atoms with Gasteiger partial charge in [-0.05, 0) is 57.2 Å². The van der Waals surface area contributed by atoms with Gasteiger partial charge in [0.1, 0.15) is 5.82 Å². The number of rotatable bonds is 6. The van der Waals surface area contributed by atoms with Crippen molar-refractivity contribution >= 4 is 27.4 Å². The second-order valence-electron chi connectivity index (χ2n) is 7.00. The van der Waals surface area contributed by atoms with Crippen LogP contribution in [0.25, 0.3) is 0 Å². The summed E-state index contributed by atoms with van der Waals surface area (Å²) < 4.78 is 28.6. The maximum absolute atomic E-state index is 12.8. The highest BCUT2D eigenvalue weighted by Gasteiger charge is 2.21. The second-order valence-corrected chi connectivity index (χ2v) is 8.97. The van der Waals surface area contributed by atoms with E-state index in [1.54, 1.807) is 35.0 Å². The summed E-state index contributed by atoms with van der Waals surface area (Å²) in [4.78, 5) is 12.7. The summed E-state index contributed by atoms with van der Waals surface area (Å²) >= 11 is 0. The SMILES string of the molecule is Cc1cc(NC(=O)c2ccc(S(=O)(=O)N(C)c3ccccc3)cc2)n(C(C)C)n1. The molecule has 7 nitrogen and oxygen atoms in total. The van der Waals surface area contributed by atoms with Crippen LogP contribution in [0.1, 0.15) is 35.9 Å². The Morgan fingerprint density at radius 3 is 2.28 bits per heavy atom. The molecular weight excluding hydrogens is 388 g/mol. The number of anilines is 2. The van der Waals surface area contributed by atoms with Crippen LogP contribution >= 0.6 is 0 Å². The van der Waals surface area contributed by atoms with Gasteiger partial charge in [-0.15, -0.1) is 0 Å². The molecule has 0 fully saturated rings. The Bertz CT molecular complexity index is 1100. The number of amides is 1. The third kappa shape index (κ3) is 4.32. The van der Waals surface area contributed by atoms with E-state index in [9.17, 15) is 13.2 Å². The monoisotopic (exact) mass is 412 g/mol. The lowest BCUT2D eigenvalue weighted by Crippen LogP contribution is -2.26. The highest BCUT2D eigenvalue weighted by Crippen LogP contribution is 2.22. The molecule has 0 spiro atoms. The molecule has 0 bridgehead atoms. The Labute approximate surface area is 171 Å². The summed E-state index contributed by atoms with van der Waals surface area (Å²) in [5.41, 5.74) is 1.73. The Hall–Kier alpha value is -3.13. The molecule has 0 aliphatic carbocycles. The molecule has 29 heavy (non-hydrogen) atoms. The summed E-state index contributed by atoms with van der Waals surface area (Å²) in [6.45, 7) is 5.81. The number of hydrogen-bond donors (Lipinski definition) is 1. The van der Waals surface area contributed by atoms with Crippen molar-refractivity contribution in [2.75, 3.05) is 16.7 Å². The van der Waals surface area contributed by atoms with Crippen LogP contribution in [-0.4, -0.2) is 31.2 Å². The molecule has 1 amide bonds. The van der Waals surface area contributed by atoms with Gasteiger partial charge in [-0.2, -0.15) is 5.10 Å². The molecule has 2 aromatic carbocycles. The van der Waals surface area contributed by atoms with E-state index in [1.807, 2.05) is 26.8 Å². The largest absolute Gasteiger partial charge is 0.307 e. The summed E-state index contributed by atoms with van der Waals surface area (Å²) in [6.07, 6.45) is 0. The van der Waals surface area contributed by atoms with E-state index < -0.39 is 10.0 Å². The Morgan fingerprint density at radius 2 is 1.69 bits per heavy atom. The van der Waals surface area contributed by atoms with Crippen LogP contribution < -0.4 is 9.62 Å². The molecule has 1 heterocycles. The number of carbonyl (C=O) groups excluding carboxylic acids is 1. The lowest BCUT2D eigenvalue weighted by Gasteiger charge is -2.19. The van der Waals surface area contributed by atoms with Gasteiger partial charge in [-0.1, -0.05) is 18.2 Å². The van der Waals surface area contributed by atoms with Crippen LogP contribution in [0.5, 0.6) is 0 Å². The molecule has 1 aromatic heterocycles. The van der Waals surface area contributed by atoms with E-state index in [0.29, 0.717) is 17.1 Å². The maximum Gasteiger partial charge on any atom is 0.264 e. The summed E-state index contributed by atoms with van der Waals surface area (Å²) in [5.74, 6) is 0.273. The third-order valence-corrected chi connectivity index (χ3v) is 6.28. The van der Waals surface area contributed by atoms with E-state index in [2.05, 4.69) is 10.4 Å². The molecule has 0 saturated heterocycles. The first-order valence-corrected chi connectivity index (χ1v) is 10.7. The summed E-state index contributed by atoms with van der Waals surface area (Å²) in [7, 11) is -2.22. The Kier molecular flexibility index (Phi) is 5.74. The van der Waals surface area contributed by atoms with Crippen molar-refractivity contribution in [1.82, 2.24) is 9.78 Å². The number of aromatic nitrogens is 2. The zero-order valence-electron chi connectivity index (χ0n) is 16.8. The van der Waals surface area contributed by atoms with E-state index >= 15 is 0 Å². The second kappa shape index (κ2) is 8.08. The van der Waals surface area contributed by atoms with E-state index in [-0.39, 0.29) is 16.8 Å². The van der Waals surface area contributed by atoms with Crippen LogP contribution in [-0.2, 0) is 10.0 Å². The molecular formula is C21H24N4O3S. The van der Waals surface area contributed by atoms with Crippen molar-refractivity contribution in [2.24, 2.45) is 0 Å². The van der Waals surface area contributed by atoms with Gasteiger partial charge in [0.2, 0.25) is 0 Å². The van der Waals surface area contributed by atoms with Gasteiger partial charge in [-0.3, -0.25) is 9.10 Å². The number of para-hydroxylation sites is 1. The van der Waals surface area contributed by atoms with Crippen LogP contribution in [0.3, 0.4) is 0 Å². The molecule has 3 rings (SSSR count). The quantitative estimate of drug-likeness (QED) is 0.666. The zero-order valence-corrected chi connectivity index (χ0v) is 17.6. The molecule has 152 valence electrons.